The van der Waals surface area contributed by atoms with Gasteiger partial charge in [0.15, 0.2) is 5.78 Å². The summed E-state index contributed by atoms with van der Waals surface area (Å²) in [5, 5.41) is 4.02. The Balaban J connectivity index is 1.74. The number of esters is 1. The average molecular weight is 466 g/mol. The molecule has 5 nitrogen and oxygen atoms in total. The van der Waals surface area contributed by atoms with E-state index in [4.69, 9.17) is 21.1 Å². The number of rotatable bonds is 6. The number of methoxy groups -OCH3 is 1. The number of hydrogen-bond donors (Lipinski definition) is 1. The summed E-state index contributed by atoms with van der Waals surface area (Å²) in [4.78, 5) is 26.3. The lowest BCUT2D eigenvalue weighted by Crippen LogP contribution is -2.36. The maximum atomic E-state index is 13.5. The van der Waals surface area contributed by atoms with Crippen LogP contribution in [-0.4, -0.2) is 25.5 Å². The third kappa shape index (κ3) is 4.69. The van der Waals surface area contributed by atoms with Crippen molar-refractivity contribution in [3.05, 3.63) is 87.2 Å². The summed E-state index contributed by atoms with van der Waals surface area (Å²) >= 11 is 6.05. The summed E-state index contributed by atoms with van der Waals surface area (Å²) in [6, 6.07) is 15.3. The number of halogens is 1. The zero-order chi connectivity index (χ0) is 23.5. The van der Waals surface area contributed by atoms with Crippen LogP contribution < -0.4 is 10.1 Å². The molecule has 2 aromatic carbocycles. The fourth-order valence-electron chi connectivity index (χ4n) is 4.70. The predicted octanol–water partition coefficient (Wildman–Crippen LogP) is 5.66. The highest BCUT2D eigenvalue weighted by atomic mass is 35.5. The molecule has 0 fully saturated rings. The molecule has 0 bridgehead atoms. The van der Waals surface area contributed by atoms with Gasteiger partial charge in [-0.1, -0.05) is 42.8 Å². The number of Topliss-reactive ketones (excluding diaryl/α,β-unsaturated/α-hetero) is 1. The molecule has 2 atom stereocenters. The molecule has 4 rings (SSSR count). The van der Waals surface area contributed by atoms with Gasteiger partial charge in [0.05, 0.1) is 19.3 Å². The molecule has 0 aromatic heterocycles. The molecule has 1 N–H and O–H groups in total. The third-order valence-electron chi connectivity index (χ3n) is 6.26. The molecule has 0 spiro atoms. The Morgan fingerprint density at radius 2 is 1.73 bits per heavy atom. The Morgan fingerprint density at radius 3 is 2.36 bits per heavy atom. The molecule has 0 saturated carbocycles. The number of carbonyl (C=O) groups is 2. The zero-order valence-electron chi connectivity index (χ0n) is 19.1. The van der Waals surface area contributed by atoms with Gasteiger partial charge in [-0.25, -0.2) is 4.79 Å². The van der Waals surface area contributed by atoms with Gasteiger partial charge in [-0.2, -0.15) is 0 Å². The Morgan fingerprint density at radius 1 is 1.06 bits per heavy atom. The van der Waals surface area contributed by atoms with Crippen molar-refractivity contribution in [2.75, 3.05) is 13.7 Å². The maximum Gasteiger partial charge on any atom is 0.336 e. The third-order valence-corrected chi connectivity index (χ3v) is 6.51. The number of allylic oxidation sites excluding steroid dienone is 3. The van der Waals surface area contributed by atoms with Crippen LogP contribution >= 0.6 is 11.6 Å². The van der Waals surface area contributed by atoms with E-state index in [2.05, 4.69) is 12.2 Å². The van der Waals surface area contributed by atoms with Crippen molar-refractivity contribution >= 4 is 23.4 Å². The van der Waals surface area contributed by atoms with Crippen LogP contribution in [-0.2, 0) is 14.3 Å². The van der Waals surface area contributed by atoms with Crippen molar-refractivity contribution < 1.29 is 19.1 Å². The predicted molar refractivity (Wildman–Crippen MR) is 128 cm³/mol. The fraction of sp³-hybridized carbons (Fsp3) is 0.333. The number of nitrogens with one attached hydrogen (secondary N) is 1. The molecular weight excluding hydrogens is 438 g/mol. The van der Waals surface area contributed by atoms with Crippen molar-refractivity contribution in [1.82, 2.24) is 5.32 Å². The van der Waals surface area contributed by atoms with E-state index in [0.717, 1.165) is 29.0 Å². The van der Waals surface area contributed by atoms with Crippen LogP contribution in [0.25, 0.3) is 0 Å². The minimum atomic E-state index is -0.479. The van der Waals surface area contributed by atoms with Crippen molar-refractivity contribution in [2.45, 2.75) is 44.9 Å². The lowest BCUT2D eigenvalue weighted by molar-refractivity contribution is -0.136. The largest absolute Gasteiger partial charge is 0.494 e. The van der Waals surface area contributed by atoms with Gasteiger partial charge < -0.3 is 14.8 Å². The number of carbonyl (C=O) groups excluding carboxylic acids is 2. The number of hydrogen-bond acceptors (Lipinski definition) is 5. The highest BCUT2D eigenvalue weighted by Gasteiger charge is 2.41. The Bertz CT molecular complexity index is 1120. The molecule has 33 heavy (non-hydrogen) atoms. The van der Waals surface area contributed by atoms with Crippen molar-refractivity contribution in [3.8, 4) is 5.75 Å². The van der Waals surface area contributed by atoms with Gasteiger partial charge in [-0.3, -0.25) is 4.79 Å². The van der Waals surface area contributed by atoms with Crippen molar-refractivity contribution in [2.24, 2.45) is 0 Å². The first-order valence-corrected chi connectivity index (χ1v) is 11.6. The van der Waals surface area contributed by atoms with Crippen LogP contribution in [0, 0.1) is 0 Å². The second kappa shape index (κ2) is 9.84. The molecule has 1 aliphatic heterocycles. The van der Waals surface area contributed by atoms with Crippen LogP contribution in [0.15, 0.2) is 71.1 Å². The maximum absolute atomic E-state index is 13.5. The van der Waals surface area contributed by atoms with Gasteiger partial charge >= 0.3 is 5.97 Å². The van der Waals surface area contributed by atoms with Crippen molar-refractivity contribution in [3.63, 3.8) is 0 Å². The lowest BCUT2D eigenvalue weighted by Gasteiger charge is -2.36. The standard InChI is InChI=1S/C27H28ClNO4/c1-4-13-33-21-11-7-18(8-12-21)25-24(27(31)32-3)16(2)29-22-14-19(15-23(30)26(22)25)17-5-9-20(28)10-6-17/h5-12,19,25,29H,4,13-15H2,1-3H3/t19-,25-/m0/s1. The highest BCUT2D eigenvalue weighted by Crippen LogP contribution is 2.46. The molecule has 6 heteroatoms. The monoisotopic (exact) mass is 465 g/mol. The second-order valence-corrected chi connectivity index (χ2v) is 8.91. The van der Waals surface area contributed by atoms with E-state index < -0.39 is 11.9 Å². The molecule has 2 aliphatic rings. The minimum absolute atomic E-state index is 0.0360. The van der Waals surface area contributed by atoms with E-state index in [0.29, 0.717) is 41.3 Å². The molecule has 2 aromatic rings. The van der Waals surface area contributed by atoms with Crippen LogP contribution in [0.2, 0.25) is 5.02 Å². The van der Waals surface area contributed by atoms with Gasteiger partial charge in [-0.15, -0.1) is 0 Å². The Hall–Kier alpha value is -3.05. The molecule has 0 saturated heterocycles. The van der Waals surface area contributed by atoms with E-state index in [9.17, 15) is 9.59 Å². The Labute approximate surface area is 199 Å². The van der Waals surface area contributed by atoms with Crippen LogP contribution in [0.1, 0.15) is 56.1 Å². The SMILES string of the molecule is CCCOc1ccc([C@H]2C(C(=O)OC)=C(C)NC3=C2C(=O)C[C@@H](c2ccc(Cl)cc2)C3)cc1. The van der Waals surface area contributed by atoms with E-state index in [1.54, 1.807) is 0 Å². The summed E-state index contributed by atoms with van der Waals surface area (Å²) in [5.74, 6) is -0.0576. The summed E-state index contributed by atoms with van der Waals surface area (Å²) in [7, 11) is 1.37. The first-order valence-electron chi connectivity index (χ1n) is 11.2. The summed E-state index contributed by atoms with van der Waals surface area (Å²) in [5.41, 5.74) is 4.64. The summed E-state index contributed by atoms with van der Waals surface area (Å²) in [6.45, 7) is 4.55. The first-order chi connectivity index (χ1) is 15.9. The molecular formula is C27H28ClNO4. The summed E-state index contributed by atoms with van der Waals surface area (Å²) in [6.07, 6.45) is 1.98. The van der Waals surface area contributed by atoms with Crippen LogP contribution in [0.5, 0.6) is 5.75 Å². The summed E-state index contributed by atoms with van der Waals surface area (Å²) < 4.78 is 10.8. The number of ketones is 1. The average Bonchev–Trinajstić information content (AvgIpc) is 2.82. The number of ether oxygens (including phenoxy) is 2. The zero-order valence-corrected chi connectivity index (χ0v) is 19.9. The quantitative estimate of drug-likeness (QED) is 0.557. The van der Waals surface area contributed by atoms with Crippen LogP contribution in [0.4, 0.5) is 0 Å². The smallest absolute Gasteiger partial charge is 0.336 e. The molecule has 1 aliphatic carbocycles. The number of benzene rings is 2. The normalized spacial score (nSPS) is 20.3. The lowest BCUT2D eigenvalue weighted by atomic mass is 9.72. The van der Waals surface area contributed by atoms with E-state index >= 15 is 0 Å². The highest BCUT2D eigenvalue weighted by molar-refractivity contribution is 6.30. The van der Waals surface area contributed by atoms with Crippen molar-refractivity contribution in [1.29, 1.82) is 0 Å². The molecule has 0 amide bonds. The molecule has 0 radical (unpaired) electrons. The van der Waals surface area contributed by atoms with Gasteiger partial charge in [0, 0.05) is 34.3 Å². The molecule has 1 heterocycles. The molecule has 172 valence electrons. The Kier molecular flexibility index (Phi) is 6.89. The first kappa shape index (κ1) is 23.1. The topological polar surface area (TPSA) is 64.6 Å². The number of dihydropyridines is 1. The van der Waals surface area contributed by atoms with E-state index in [-0.39, 0.29) is 11.7 Å². The fourth-order valence-corrected chi connectivity index (χ4v) is 4.83. The van der Waals surface area contributed by atoms with E-state index in [1.807, 2.05) is 55.5 Å². The second-order valence-electron chi connectivity index (χ2n) is 8.48. The van der Waals surface area contributed by atoms with Gasteiger partial charge in [0.1, 0.15) is 5.75 Å². The van der Waals surface area contributed by atoms with Crippen LogP contribution in [0.3, 0.4) is 0 Å². The van der Waals surface area contributed by atoms with Gasteiger partial charge in [0.25, 0.3) is 0 Å². The van der Waals surface area contributed by atoms with E-state index in [1.165, 1.54) is 7.11 Å². The van der Waals surface area contributed by atoms with Gasteiger partial charge in [-0.05, 0) is 61.1 Å². The molecule has 0 unspecified atom stereocenters. The minimum Gasteiger partial charge on any atom is -0.494 e. The van der Waals surface area contributed by atoms with Gasteiger partial charge in [0.2, 0.25) is 0 Å².